The second-order valence-corrected chi connectivity index (χ2v) is 4.72. The van der Waals surface area contributed by atoms with Crippen LogP contribution in [0, 0.1) is 0 Å². The van der Waals surface area contributed by atoms with Gasteiger partial charge in [-0.3, -0.25) is 14.6 Å². The first-order chi connectivity index (χ1) is 9.06. The molecule has 1 unspecified atom stereocenters. The Hall–Kier alpha value is -1.59. The first-order valence-electron chi connectivity index (χ1n) is 5.95. The molecular weight excluding hydrogens is 268 g/mol. The maximum absolute atomic E-state index is 12.3. The average molecular weight is 283 g/mol. The maximum Gasteiger partial charge on any atom is 0.332 e. The molecule has 1 aromatic rings. The molecule has 0 saturated carbocycles. The summed E-state index contributed by atoms with van der Waals surface area (Å²) >= 11 is 5.82. The lowest BCUT2D eigenvalue weighted by atomic mass is 10.2. The summed E-state index contributed by atoms with van der Waals surface area (Å²) in [5.74, 6) is -0.211. The van der Waals surface area contributed by atoms with E-state index in [1.165, 1.54) is 16.9 Å². The molecule has 0 aliphatic carbocycles. The van der Waals surface area contributed by atoms with E-state index in [1.54, 1.807) is 31.2 Å². The van der Waals surface area contributed by atoms with Gasteiger partial charge in [-0.05, 0) is 31.2 Å². The van der Waals surface area contributed by atoms with Gasteiger partial charge in [-0.25, -0.2) is 4.79 Å². The van der Waals surface area contributed by atoms with Crippen molar-refractivity contribution >= 4 is 29.2 Å². The predicted octanol–water partition coefficient (Wildman–Crippen LogP) is 2.14. The van der Waals surface area contributed by atoms with Gasteiger partial charge in [0, 0.05) is 17.8 Å². The summed E-state index contributed by atoms with van der Waals surface area (Å²) in [6.07, 6.45) is 0. The third-order valence-electron chi connectivity index (χ3n) is 3.07. The molecule has 102 valence electrons. The van der Waals surface area contributed by atoms with Gasteiger partial charge in [0.25, 0.3) is 5.91 Å². The number of rotatable bonds is 4. The van der Waals surface area contributed by atoms with Crippen molar-refractivity contribution in [3.05, 3.63) is 29.3 Å². The fourth-order valence-electron chi connectivity index (χ4n) is 2.05. The highest BCUT2D eigenvalue weighted by atomic mass is 35.5. The minimum Gasteiger partial charge on any atom is -0.383 e. The third kappa shape index (κ3) is 2.57. The van der Waals surface area contributed by atoms with Gasteiger partial charge in [0.15, 0.2) is 0 Å². The quantitative estimate of drug-likeness (QED) is 0.795. The van der Waals surface area contributed by atoms with Crippen LogP contribution in [0.25, 0.3) is 0 Å². The van der Waals surface area contributed by atoms with Crippen LogP contribution in [0.4, 0.5) is 10.5 Å². The van der Waals surface area contributed by atoms with E-state index in [0.717, 1.165) is 0 Å². The Kier molecular flexibility index (Phi) is 4.07. The highest BCUT2D eigenvalue weighted by Gasteiger charge is 2.42. The Labute approximate surface area is 116 Å². The second-order valence-electron chi connectivity index (χ2n) is 4.29. The largest absolute Gasteiger partial charge is 0.383 e. The van der Waals surface area contributed by atoms with Crippen LogP contribution < -0.4 is 4.90 Å². The van der Waals surface area contributed by atoms with Gasteiger partial charge in [0.2, 0.25) is 0 Å². The highest BCUT2D eigenvalue weighted by Crippen LogP contribution is 2.26. The molecule has 1 aliphatic heterocycles. The number of methoxy groups -OCH3 is 1. The van der Waals surface area contributed by atoms with Crippen LogP contribution in [0.15, 0.2) is 24.3 Å². The number of halogens is 1. The molecule has 1 aliphatic rings. The van der Waals surface area contributed by atoms with E-state index in [1.807, 2.05) is 0 Å². The van der Waals surface area contributed by atoms with Crippen molar-refractivity contribution < 1.29 is 14.3 Å². The van der Waals surface area contributed by atoms with Crippen LogP contribution in [0.2, 0.25) is 5.02 Å². The van der Waals surface area contributed by atoms with E-state index in [0.29, 0.717) is 17.3 Å². The fourth-order valence-corrected chi connectivity index (χ4v) is 2.18. The Morgan fingerprint density at radius 1 is 1.26 bits per heavy atom. The van der Waals surface area contributed by atoms with Crippen molar-refractivity contribution in [2.75, 3.05) is 25.2 Å². The number of ether oxygens (including phenoxy) is 1. The normalized spacial score (nSPS) is 19.4. The molecule has 1 aromatic carbocycles. The SMILES string of the molecule is COCCN1C(=O)C(C)N(c2ccc(Cl)cc2)C1=O. The number of benzene rings is 1. The van der Waals surface area contributed by atoms with Gasteiger partial charge in [0.05, 0.1) is 13.2 Å². The van der Waals surface area contributed by atoms with Gasteiger partial charge in [0.1, 0.15) is 6.04 Å². The second kappa shape index (κ2) is 5.59. The number of hydrogen-bond acceptors (Lipinski definition) is 3. The third-order valence-corrected chi connectivity index (χ3v) is 3.32. The summed E-state index contributed by atoms with van der Waals surface area (Å²) in [4.78, 5) is 27.0. The first-order valence-corrected chi connectivity index (χ1v) is 6.33. The van der Waals surface area contributed by atoms with Crippen molar-refractivity contribution in [1.29, 1.82) is 0 Å². The molecule has 0 spiro atoms. The lowest BCUT2D eigenvalue weighted by molar-refractivity contribution is -0.127. The number of hydrogen-bond donors (Lipinski definition) is 0. The molecule has 0 bridgehead atoms. The maximum atomic E-state index is 12.3. The van der Waals surface area contributed by atoms with Crippen molar-refractivity contribution in [1.82, 2.24) is 4.90 Å². The minimum absolute atomic E-state index is 0.211. The zero-order valence-electron chi connectivity index (χ0n) is 10.8. The lowest BCUT2D eigenvalue weighted by Gasteiger charge is -2.19. The number of carbonyl (C=O) groups is 2. The van der Waals surface area contributed by atoms with Gasteiger partial charge in [-0.1, -0.05) is 11.6 Å². The minimum atomic E-state index is -0.509. The molecule has 19 heavy (non-hydrogen) atoms. The monoisotopic (exact) mass is 282 g/mol. The van der Waals surface area contributed by atoms with Crippen LogP contribution in [0.3, 0.4) is 0 Å². The zero-order valence-corrected chi connectivity index (χ0v) is 11.6. The van der Waals surface area contributed by atoms with Gasteiger partial charge in [-0.2, -0.15) is 0 Å². The van der Waals surface area contributed by atoms with E-state index in [9.17, 15) is 9.59 Å². The molecule has 1 saturated heterocycles. The summed E-state index contributed by atoms with van der Waals surface area (Å²) in [5, 5.41) is 0.589. The molecule has 1 atom stereocenters. The Balaban J connectivity index is 2.24. The molecule has 6 heteroatoms. The van der Waals surface area contributed by atoms with E-state index < -0.39 is 6.04 Å². The molecule has 0 N–H and O–H groups in total. The predicted molar refractivity (Wildman–Crippen MR) is 72.4 cm³/mol. The van der Waals surface area contributed by atoms with Crippen molar-refractivity contribution in [2.24, 2.45) is 0 Å². The molecule has 1 heterocycles. The van der Waals surface area contributed by atoms with Crippen LogP contribution in [-0.2, 0) is 9.53 Å². The molecule has 0 radical (unpaired) electrons. The van der Waals surface area contributed by atoms with Crippen LogP contribution in [-0.4, -0.2) is 43.1 Å². The number of carbonyl (C=O) groups excluding carboxylic acids is 2. The van der Waals surface area contributed by atoms with E-state index in [-0.39, 0.29) is 18.5 Å². The first kappa shape index (κ1) is 13.8. The van der Waals surface area contributed by atoms with Gasteiger partial charge in [-0.15, -0.1) is 0 Å². The fraction of sp³-hybridized carbons (Fsp3) is 0.385. The highest BCUT2D eigenvalue weighted by molar-refractivity contribution is 6.30. The Bertz CT molecular complexity index is 489. The average Bonchev–Trinajstić information content (AvgIpc) is 2.60. The summed E-state index contributed by atoms with van der Waals surface area (Å²) in [7, 11) is 1.53. The van der Waals surface area contributed by atoms with Gasteiger partial charge >= 0.3 is 6.03 Å². The number of urea groups is 1. The number of anilines is 1. The topological polar surface area (TPSA) is 49.9 Å². The smallest absolute Gasteiger partial charge is 0.332 e. The van der Waals surface area contributed by atoms with E-state index in [4.69, 9.17) is 16.3 Å². The number of imide groups is 1. The zero-order chi connectivity index (χ0) is 14.0. The van der Waals surface area contributed by atoms with Gasteiger partial charge < -0.3 is 4.74 Å². The standard InChI is InChI=1S/C13H15ClN2O3/c1-9-12(17)15(7-8-19-2)13(18)16(9)11-5-3-10(14)4-6-11/h3-6,9H,7-8H2,1-2H3. The molecule has 3 amide bonds. The van der Waals surface area contributed by atoms with Crippen molar-refractivity contribution in [3.63, 3.8) is 0 Å². The van der Waals surface area contributed by atoms with Crippen molar-refractivity contribution in [2.45, 2.75) is 13.0 Å². The summed E-state index contributed by atoms with van der Waals surface area (Å²) in [5.41, 5.74) is 0.662. The van der Waals surface area contributed by atoms with Crippen molar-refractivity contribution in [3.8, 4) is 0 Å². The van der Waals surface area contributed by atoms with Crippen LogP contribution >= 0.6 is 11.6 Å². The lowest BCUT2D eigenvalue weighted by Crippen LogP contribution is -2.35. The number of nitrogens with zero attached hydrogens (tertiary/aromatic N) is 2. The summed E-state index contributed by atoms with van der Waals surface area (Å²) < 4.78 is 4.91. The molecule has 2 rings (SSSR count). The molecular formula is C13H15ClN2O3. The number of amides is 3. The van der Waals surface area contributed by atoms with Crippen LogP contribution in [0.1, 0.15) is 6.92 Å². The summed E-state index contributed by atoms with van der Waals surface area (Å²) in [6.45, 7) is 2.31. The Morgan fingerprint density at radius 2 is 1.89 bits per heavy atom. The van der Waals surface area contributed by atoms with Crippen LogP contribution in [0.5, 0.6) is 0 Å². The van der Waals surface area contributed by atoms with E-state index in [2.05, 4.69) is 0 Å². The molecule has 0 aromatic heterocycles. The molecule has 5 nitrogen and oxygen atoms in total. The van der Waals surface area contributed by atoms with E-state index >= 15 is 0 Å². The summed E-state index contributed by atoms with van der Waals surface area (Å²) in [6, 6.07) is 6.01. The molecule has 1 fully saturated rings. The Morgan fingerprint density at radius 3 is 2.47 bits per heavy atom.